The van der Waals surface area contributed by atoms with E-state index in [1.807, 2.05) is 0 Å². The number of aliphatic hydroxyl groups is 2. The molecule has 0 spiro atoms. The van der Waals surface area contributed by atoms with Crippen molar-refractivity contribution in [1.29, 1.82) is 0 Å². The first-order valence-electron chi connectivity index (χ1n) is 6.59. The largest absolute Gasteiger partial charge is 0.453 e. The Morgan fingerprint density at radius 3 is 1.60 bits per heavy atom. The first-order chi connectivity index (χ1) is 12.2. The Labute approximate surface area is 147 Å². The molecule has 0 aromatic carbocycles. The normalized spacial score (nSPS) is 7.16. The molecule has 4 nitrogen and oxygen atoms in total. The van der Waals surface area contributed by atoms with Gasteiger partial charge in [0.1, 0.15) is 12.7 Å². The molecule has 118 valence electrons. The van der Waals surface area contributed by atoms with E-state index in [1.54, 1.807) is 6.92 Å². The quantitative estimate of drug-likeness (QED) is 0.394. The van der Waals surface area contributed by atoms with E-state index in [4.69, 9.17) is 10.2 Å². The van der Waals surface area contributed by atoms with Gasteiger partial charge in [0.05, 0.1) is 6.61 Å². The predicted octanol–water partition coefficient (Wildman–Crippen LogP) is -1.07. The third-order valence-electron chi connectivity index (χ3n) is 1.72. The van der Waals surface area contributed by atoms with Gasteiger partial charge in [0, 0.05) is 5.92 Å². The average Bonchev–Trinajstić information content (AvgIpc) is 2.62. The molecule has 0 rings (SSSR count). The van der Waals surface area contributed by atoms with Gasteiger partial charge in [0.25, 0.3) is 0 Å². The first kappa shape index (κ1) is 20.9. The second-order valence-electron chi connectivity index (χ2n) is 3.56. The van der Waals surface area contributed by atoms with Crippen LogP contribution in [-0.4, -0.2) is 35.5 Å². The molecule has 0 fully saturated rings. The third-order valence-corrected chi connectivity index (χ3v) is 1.72. The zero-order valence-electron chi connectivity index (χ0n) is 13.2. The number of esters is 1. The van der Waals surface area contributed by atoms with Gasteiger partial charge in [0.15, 0.2) is 0 Å². The zero-order chi connectivity index (χ0) is 18.6. The van der Waals surface area contributed by atoms with Crippen molar-refractivity contribution in [3.63, 3.8) is 0 Å². The fourth-order valence-corrected chi connectivity index (χ4v) is 0.780. The number of carbonyl (C=O) groups is 1. The van der Waals surface area contributed by atoms with Gasteiger partial charge >= 0.3 is 5.97 Å². The molecule has 0 aliphatic rings. The van der Waals surface area contributed by atoms with Gasteiger partial charge in [-0.3, -0.25) is 0 Å². The van der Waals surface area contributed by atoms with Crippen LogP contribution in [0.1, 0.15) is 6.92 Å². The van der Waals surface area contributed by atoms with Crippen molar-refractivity contribution >= 4 is 5.97 Å². The van der Waals surface area contributed by atoms with Gasteiger partial charge < -0.3 is 14.9 Å². The Morgan fingerprint density at radius 1 is 0.800 bits per heavy atom. The maximum Gasteiger partial charge on any atom is 0.385 e. The summed E-state index contributed by atoms with van der Waals surface area (Å²) >= 11 is 0. The third kappa shape index (κ3) is 16.1. The second-order valence-corrected chi connectivity index (χ2v) is 3.56. The summed E-state index contributed by atoms with van der Waals surface area (Å²) in [6, 6.07) is 0. The molecule has 0 aliphatic carbocycles. The van der Waals surface area contributed by atoms with Crippen LogP contribution in [0.15, 0.2) is 0 Å². The van der Waals surface area contributed by atoms with Gasteiger partial charge in [-0.1, -0.05) is 5.92 Å². The molecular formula is C21H10O4. The highest BCUT2D eigenvalue weighted by atomic mass is 16.5. The smallest absolute Gasteiger partial charge is 0.385 e. The van der Waals surface area contributed by atoms with E-state index in [0.717, 1.165) is 0 Å². The van der Waals surface area contributed by atoms with Gasteiger partial charge in [-0.2, -0.15) is 0 Å². The van der Waals surface area contributed by atoms with Crippen LogP contribution in [0, 0.1) is 94.7 Å². The standard InChI is InChI=1S/C21H10O4/c1-2-3-4-5-6-7-8-9-10-11-12-13-14-15-16-17-21(24)25-19-20(23)18-22/h20,22-23H,18-19H2,1H3. The van der Waals surface area contributed by atoms with Crippen LogP contribution in [-0.2, 0) is 9.53 Å². The molecule has 2 N–H and O–H groups in total. The number of ether oxygens (including phenoxy) is 1. The molecule has 4 heteroatoms. The van der Waals surface area contributed by atoms with Crippen LogP contribution in [0.3, 0.4) is 0 Å². The van der Waals surface area contributed by atoms with Crippen molar-refractivity contribution in [1.82, 2.24) is 0 Å². The van der Waals surface area contributed by atoms with E-state index in [1.165, 1.54) is 0 Å². The van der Waals surface area contributed by atoms with Crippen molar-refractivity contribution in [3.05, 3.63) is 0 Å². The summed E-state index contributed by atoms with van der Waals surface area (Å²) in [5.41, 5.74) is 0. The van der Waals surface area contributed by atoms with Gasteiger partial charge in [-0.05, 0) is 89.8 Å². The molecule has 0 aromatic heterocycles. The van der Waals surface area contributed by atoms with Gasteiger partial charge in [-0.15, -0.1) is 0 Å². The van der Waals surface area contributed by atoms with Crippen LogP contribution in [0.2, 0.25) is 0 Å². The molecule has 0 radical (unpaired) electrons. The lowest BCUT2D eigenvalue weighted by Crippen LogP contribution is -2.21. The summed E-state index contributed by atoms with van der Waals surface area (Å²) in [6.07, 6.45) is -1.13. The number of carbonyl (C=O) groups excluding carboxylic acids is 1. The summed E-state index contributed by atoms with van der Waals surface area (Å²) in [6.45, 7) is 0.838. The van der Waals surface area contributed by atoms with Gasteiger partial charge in [-0.25, -0.2) is 4.79 Å². The van der Waals surface area contributed by atoms with Crippen LogP contribution in [0.4, 0.5) is 0 Å². The summed E-state index contributed by atoms with van der Waals surface area (Å²) in [5.74, 6) is 37.8. The lowest BCUT2D eigenvalue weighted by Gasteiger charge is -2.04. The summed E-state index contributed by atoms with van der Waals surface area (Å²) in [4.78, 5) is 11.0. The molecule has 0 saturated carbocycles. The van der Waals surface area contributed by atoms with E-state index in [-0.39, 0.29) is 6.61 Å². The Balaban J connectivity index is 4.31. The topological polar surface area (TPSA) is 66.8 Å². The number of hydrogen-bond acceptors (Lipinski definition) is 4. The maximum absolute atomic E-state index is 11.0. The SMILES string of the molecule is CC#CC#CC#CC#CC#CC#CC#CC#CC(=O)OCC(O)CO. The maximum atomic E-state index is 11.0. The molecular weight excluding hydrogens is 316 g/mol. The number of aliphatic hydroxyl groups excluding tert-OH is 2. The molecule has 0 bridgehead atoms. The van der Waals surface area contributed by atoms with Crippen LogP contribution < -0.4 is 0 Å². The van der Waals surface area contributed by atoms with Crippen molar-refractivity contribution in [3.8, 4) is 94.7 Å². The molecule has 0 saturated heterocycles. The summed E-state index contributed by atoms with van der Waals surface area (Å²) < 4.78 is 4.52. The Bertz CT molecular complexity index is 972. The van der Waals surface area contributed by atoms with Crippen molar-refractivity contribution in [2.75, 3.05) is 13.2 Å². The number of rotatable bonds is 3. The lowest BCUT2D eigenvalue weighted by atomic mass is 10.4. The van der Waals surface area contributed by atoms with Crippen LogP contribution in [0.25, 0.3) is 0 Å². The van der Waals surface area contributed by atoms with E-state index >= 15 is 0 Å². The Hall–Kier alpha value is -4.13. The second kappa shape index (κ2) is 16.2. The molecule has 0 aliphatic heterocycles. The average molecular weight is 326 g/mol. The van der Waals surface area contributed by atoms with Crippen molar-refractivity contribution in [2.45, 2.75) is 13.0 Å². The monoisotopic (exact) mass is 326 g/mol. The van der Waals surface area contributed by atoms with Crippen molar-refractivity contribution in [2.24, 2.45) is 0 Å². The van der Waals surface area contributed by atoms with Crippen molar-refractivity contribution < 1.29 is 19.7 Å². The van der Waals surface area contributed by atoms with E-state index in [0.29, 0.717) is 0 Å². The highest BCUT2D eigenvalue weighted by Crippen LogP contribution is 1.83. The number of hydrogen-bond donors (Lipinski definition) is 2. The van der Waals surface area contributed by atoms with Crippen LogP contribution in [0.5, 0.6) is 0 Å². The molecule has 0 amide bonds. The fraction of sp³-hybridized carbons (Fsp3) is 0.190. The summed E-state index contributed by atoms with van der Waals surface area (Å²) in [7, 11) is 0. The van der Waals surface area contributed by atoms with Crippen LogP contribution >= 0.6 is 0 Å². The van der Waals surface area contributed by atoms with E-state index in [9.17, 15) is 4.79 Å². The van der Waals surface area contributed by atoms with E-state index in [2.05, 4.69) is 99.5 Å². The highest BCUT2D eigenvalue weighted by Gasteiger charge is 2.04. The molecule has 25 heavy (non-hydrogen) atoms. The molecule has 1 unspecified atom stereocenters. The molecule has 0 heterocycles. The molecule has 0 aromatic rings. The minimum Gasteiger partial charge on any atom is -0.453 e. The van der Waals surface area contributed by atoms with Gasteiger partial charge in [0.2, 0.25) is 0 Å². The molecule has 1 atom stereocenters. The van der Waals surface area contributed by atoms with E-state index < -0.39 is 18.7 Å². The Kier molecular flexibility index (Phi) is 13.6. The fourth-order valence-electron chi connectivity index (χ4n) is 0.780. The minimum absolute atomic E-state index is 0.336. The lowest BCUT2D eigenvalue weighted by molar-refractivity contribution is -0.140. The highest BCUT2D eigenvalue weighted by molar-refractivity contribution is 5.89. The zero-order valence-corrected chi connectivity index (χ0v) is 13.2. The minimum atomic E-state index is -1.13. The predicted molar refractivity (Wildman–Crippen MR) is 91.9 cm³/mol. The Morgan fingerprint density at radius 2 is 1.20 bits per heavy atom. The first-order valence-corrected chi connectivity index (χ1v) is 6.59. The summed E-state index contributed by atoms with van der Waals surface area (Å²) in [5, 5.41) is 17.5.